The van der Waals surface area contributed by atoms with Crippen LogP contribution in [-0.4, -0.2) is 28.0 Å². The monoisotopic (exact) mass is 414 g/mol. The molecule has 1 amide bonds. The molecule has 0 spiro atoms. The first-order valence-electron chi connectivity index (χ1n) is 10.5. The first-order chi connectivity index (χ1) is 15.1. The Bertz CT molecular complexity index is 1190. The third kappa shape index (κ3) is 4.58. The molecule has 1 aromatic heterocycles. The van der Waals surface area contributed by atoms with E-state index in [1.54, 1.807) is 36.2 Å². The summed E-state index contributed by atoms with van der Waals surface area (Å²) in [6.07, 6.45) is 3.46. The molecule has 0 saturated heterocycles. The minimum atomic E-state index is -0.180. The summed E-state index contributed by atoms with van der Waals surface area (Å²) in [6, 6.07) is 19.2. The van der Waals surface area contributed by atoms with Crippen molar-refractivity contribution in [1.82, 2.24) is 15.0 Å². The number of amides is 1. The molecule has 0 radical (unpaired) electrons. The van der Waals surface area contributed by atoms with E-state index in [9.17, 15) is 4.79 Å². The van der Waals surface area contributed by atoms with Crippen LogP contribution in [0.15, 0.2) is 60.7 Å². The Kier molecular flexibility index (Phi) is 5.98. The predicted molar refractivity (Wildman–Crippen MR) is 123 cm³/mol. The largest absolute Gasteiger partial charge is 0.497 e. The van der Waals surface area contributed by atoms with Gasteiger partial charge in [-0.15, -0.1) is 10.2 Å². The third-order valence-corrected chi connectivity index (χ3v) is 5.31. The van der Waals surface area contributed by atoms with Crippen LogP contribution in [-0.2, 0) is 6.42 Å². The summed E-state index contributed by atoms with van der Waals surface area (Å²) < 4.78 is 5.15. The summed E-state index contributed by atoms with van der Waals surface area (Å²) in [4.78, 5) is 14.3. The summed E-state index contributed by atoms with van der Waals surface area (Å²) in [5.41, 5.74) is 5.96. The fourth-order valence-corrected chi connectivity index (χ4v) is 3.43. The number of methoxy groups -OCH3 is 1. The minimum absolute atomic E-state index is 0.180. The highest BCUT2D eigenvalue weighted by molar-refractivity contribution is 6.05. The molecule has 0 fully saturated rings. The first-order valence-corrected chi connectivity index (χ1v) is 10.5. The van der Waals surface area contributed by atoms with E-state index in [0.717, 1.165) is 34.4 Å². The number of aryl methyl sites for hydroxylation is 2. The molecule has 4 aromatic rings. The molecule has 0 saturated carbocycles. The fraction of sp³-hybridized carbons (Fsp3) is 0.240. The summed E-state index contributed by atoms with van der Waals surface area (Å²) in [5.74, 6) is 0.532. The number of benzene rings is 3. The highest BCUT2D eigenvalue weighted by Crippen LogP contribution is 2.23. The van der Waals surface area contributed by atoms with Gasteiger partial charge in [0.05, 0.1) is 12.8 Å². The summed E-state index contributed by atoms with van der Waals surface area (Å²) in [5, 5.41) is 12.2. The van der Waals surface area contributed by atoms with E-state index >= 15 is 0 Å². The molecular formula is C25H26N4O2. The Morgan fingerprint density at radius 2 is 1.68 bits per heavy atom. The lowest BCUT2D eigenvalue weighted by atomic mass is 10.1. The van der Waals surface area contributed by atoms with Crippen LogP contribution < -0.4 is 10.1 Å². The molecule has 158 valence electrons. The van der Waals surface area contributed by atoms with Crippen molar-refractivity contribution in [3.05, 3.63) is 77.4 Å². The van der Waals surface area contributed by atoms with Gasteiger partial charge in [0.25, 0.3) is 5.91 Å². The Balaban J connectivity index is 1.56. The average molecular weight is 415 g/mol. The molecule has 1 heterocycles. The van der Waals surface area contributed by atoms with Crippen LogP contribution >= 0.6 is 0 Å². The van der Waals surface area contributed by atoms with Gasteiger partial charge in [0.2, 0.25) is 0 Å². The standard InChI is InChI=1S/C25H26N4O2/c1-4-5-6-18-7-11-20(12-8-18)29-27-23-15-17(2)22(16-24(23)28-29)26-25(30)19-9-13-21(31-3)14-10-19/h7-16H,4-6H2,1-3H3,(H,26,30). The van der Waals surface area contributed by atoms with Gasteiger partial charge >= 0.3 is 0 Å². The normalized spacial score (nSPS) is 10.9. The molecule has 0 aliphatic heterocycles. The highest BCUT2D eigenvalue weighted by atomic mass is 16.5. The van der Waals surface area contributed by atoms with Crippen LogP contribution in [0.2, 0.25) is 0 Å². The molecule has 0 atom stereocenters. The number of unbranched alkanes of at least 4 members (excludes halogenated alkanes) is 1. The second kappa shape index (κ2) is 9.00. The molecule has 31 heavy (non-hydrogen) atoms. The van der Waals surface area contributed by atoms with Crippen molar-refractivity contribution in [2.75, 3.05) is 12.4 Å². The van der Waals surface area contributed by atoms with Crippen molar-refractivity contribution >= 4 is 22.6 Å². The Morgan fingerprint density at radius 3 is 2.32 bits per heavy atom. The Morgan fingerprint density at radius 1 is 1.00 bits per heavy atom. The molecule has 0 aliphatic rings. The fourth-order valence-electron chi connectivity index (χ4n) is 3.43. The SMILES string of the molecule is CCCCc1ccc(-n2nc3cc(C)c(NC(=O)c4ccc(OC)cc4)cc3n2)cc1. The number of anilines is 1. The van der Waals surface area contributed by atoms with Crippen molar-refractivity contribution in [2.45, 2.75) is 33.1 Å². The van der Waals surface area contributed by atoms with Crippen molar-refractivity contribution < 1.29 is 9.53 Å². The topological polar surface area (TPSA) is 69.0 Å². The molecule has 0 bridgehead atoms. The van der Waals surface area contributed by atoms with Crippen LogP contribution in [0, 0.1) is 6.92 Å². The van der Waals surface area contributed by atoms with Gasteiger partial charge in [0.15, 0.2) is 0 Å². The van der Waals surface area contributed by atoms with E-state index < -0.39 is 0 Å². The zero-order chi connectivity index (χ0) is 21.8. The first kappa shape index (κ1) is 20.6. The van der Waals surface area contributed by atoms with Crippen molar-refractivity contribution in [3.8, 4) is 11.4 Å². The van der Waals surface area contributed by atoms with E-state index in [2.05, 4.69) is 34.6 Å². The lowest BCUT2D eigenvalue weighted by molar-refractivity contribution is 0.102. The van der Waals surface area contributed by atoms with Crippen LogP contribution in [0.25, 0.3) is 16.7 Å². The Hall–Kier alpha value is -3.67. The van der Waals surface area contributed by atoms with E-state index in [1.165, 1.54) is 18.4 Å². The van der Waals surface area contributed by atoms with Crippen molar-refractivity contribution in [2.24, 2.45) is 0 Å². The maximum Gasteiger partial charge on any atom is 0.255 e. The lowest BCUT2D eigenvalue weighted by Crippen LogP contribution is -2.12. The molecule has 1 N–H and O–H groups in total. The number of ether oxygens (including phenoxy) is 1. The van der Waals surface area contributed by atoms with E-state index in [0.29, 0.717) is 11.3 Å². The van der Waals surface area contributed by atoms with Crippen molar-refractivity contribution in [1.29, 1.82) is 0 Å². The second-order valence-electron chi connectivity index (χ2n) is 7.60. The van der Waals surface area contributed by atoms with Gasteiger partial charge < -0.3 is 10.1 Å². The van der Waals surface area contributed by atoms with Crippen LogP contribution in [0.5, 0.6) is 5.75 Å². The molecule has 3 aromatic carbocycles. The molecule has 0 unspecified atom stereocenters. The summed E-state index contributed by atoms with van der Waals surface area (Å²) >= 11 is 0. The van der Waals surface area contributed by atoms with Gasteiger partial charge in [0, 0.05) is 11.3 Å². The van der Waals surface area contributed by atoms with Crippen LogP contribution in [0.1, 0.15) is 41.3 Å². The van der Waals surface area contributed by atoms with Gasteiger partial charge in [-0.3, -0.25) is 4.79 Å². The predicted octanol–water partition coefficient (Wildman–Crippen LogP) is 5.33. The van der Waals surface area contributed by atoms with Gasteiger partial charge in [-0.25, -0.2) is 0 Å². The van der Waals surface area contributed by atoms with Crippen molar-refractivity contribution in [3.63, 3.8) is 0 Å². The molecule has 4 rings (SSSR count). The molecular weight excluding hydrogens is 388 g/mol. The zero-order valence-corrected chi connectivity index (χ0v) is 18.1. The average Bonchev–Trinajstić information content (AvgIpc) is 3.21. The maximum atomic E-state index is 12.6. The number of aromatic nitrogens is 3. The van der Waals surface area contributed by atoms with E-state index in [4.69, 9.17) is 4.74 Å². The maximum absolute atomic E-state index is 12.6. The van der Waals surface area contributed by atoms with Gasteiger partial charge in [-0.2, -0.15) is 4.80 Å². The summed E-state index contributed by atoms with van der Waals surface area (Å²) in [6.45, 7) is 4.15. The summed E-state index contributed by atoms with van der Waals surface area (Å²) in [7, 11) is 1.60. The van der Waals surface area contributed by atoms with Gasteiger partial charge in [-0.05, 0) is 79.4 Å². The zero-order valence-electron chi connectivity index (χ0n) is 18.1. The number of nitrogens with zero attached hydrogens (tertiary/aromatic N) is 3. The molecule has 6 nitrogen and oxygen atoms in total. The van der Waals surface area contributed by atoms with E-state index in [-0.39, 0.29) is 5.91 Å². The molecule has 6 heteroatoms. The number of carbonyl (C=O) groups excluding carboxylic acids is 1. The third-order valence-electron chi connectivity index (χ3n) is 5.31. The second-order valence-corrected chi connectivity index (χ2v) is 7.60. The number of fused-ring (bicyclic) bond motifs is 1. The smallest absolute Gasteiger partial charge is 0.255 e. The number of hydrogen-bond donors (Lipinski definition) is 1. The number of carbonyl (C=O) groups is 1. The number of nitrogens with one attached hydrogen (secondary N) is 1. The minimum Gasteiger partial charge on any atom is -0.497 e. The van der Waals surface area contributed by atoms with Gasteiger partial charge in [0.1, 0.15) is 16.8 Å². The van der Waals surface area contributed by atoms with Gasteiger partial charge in [-0.1, -0.05) is 25.5 Å². The number of rotatable bonds is 7. The highest BCUT2D eigenvalue weighted by Gasteiger charge is 2.12. The van der Waals surface area contributed by atoms with Crippen LogP contribution in [0.4, 0.5) is 5.69 Å². The Labute approximate surface area is 181 Å². The lowest BCUT2D eigenvalue weighted by Gasteiger charge is -2.08. The molecule has 0 aliphatic carbocycles. The quantitative estimate of drug-likeness (QED) is 0.444. The van der Waals surface area contributed by atoms with Crippen LogP contribution in [0.3, 0.4) is 0 Å². The van der Waals surface area contributed by atoms with E-state index in [1.807, 2.05) is 31.2 Å². The number of hydrogen-bond acceptors (Lipinski definition) is 4.